The van der Waals surface area contributed by atoms with Crippen LogP contribution in [-0.2, 0) is 13.0 Å². The van der Waals surface area contributed by atoms with Crippen LogP contribution in [0.15, 0.2) is 30.5 Å². The van der Waals surface area contributed by atoms with Crippen LogP contribution < -0.4 is 5.32 Å². The number of hydrogen-bond donors (Lipinski definition) is 1. The monoisotopic (exact) mass is 283 g/mol. The third-order valence-electron chi connectivity index (χ3n) is 4.31. The van der Waals surface area contributed by atoms with Crippen LogP contribution in [0.4, 0.5) is 5.95 Å². The van der Waals surface area contributed by atoms with Crippen molar-refractivity contribution in [2.45, 2.75) is 58.5 Å². The number of anilines is 1. The Morgan fingerprint density at radius 2 is 2.05 bits per heavy atom. The minimum absolute atomic E-state index is 0.615. The van der Waals surface area contributed by atoms with Crippen molar-refractivity contribution in [3.63, 3.8) is 0 Å². The number of benzene rings is 1. The molecular weight excluding hydrogens is 258 g/mol. The Balaban J connectivity index is 1.67. The summed E-state index contributed by atoms with van der Waals surface area (Å²) in [5.41, 5.74) is 3.83. The summed E-state index contributed by atoms with van der Waals surface area (Å²) < 4.78 is 2.27. The number of hydrogen-bond acceptors (Lipinski definition) is 2. The normalized spacial score (nSPS) is 15.5. The number of nitrogens with zero attached hydrogens (tertiary/aromatic N) is 2. The third kappa shape index (κ3) is 3.66. The number of aromatic nitrogens is 2. The lowest BCUT2D eigenvalue weighted by Crippen LogP contribution is -2.18. The molecule has 0 unspecified atom stereocenters. The molecule has 3 nitrogen and oxygen atoms in total. The first-order valence-corrected chi connectivity index (χ1v) is 8.06. The summed E-state index contributed by atoms with van der Waals surface area (Å²) in [4.78, 5) is 4.66. The molecule has 0 saturated heterocycles. The predicted octanol–water partition coefficient (Wildman–Crippen LogP) is 4.10. The largest absolute Gasteiger partial charge is 0.353 e. The van der Waals surface area contributed by atoms with E-state index in [1.165, 1.54) is 36.8 Å². The van der Waals surface area contributed by atoms with E-state index in [1.54, 1.807) is 0 Å². The van der Waals surface area contributed by atoms with Gasteiger partial charge in [0.05, 0.1) is 5.69 Å². The molecule has 3 rings (SSSR count). The van der Waals surface area contributed by atoms with Crippen LogP contribution in [0.5, 0.6) is 0 Å². The average Bonchev–Trinajstić information content (AvgIpc) is 3.07. The van der Waals surface area contributed by atoms with Gasteiger partial charge in [0.2, 0.25) is 5.95 Å². The van der Waals surface area contributed by atoms with Crippen LogP contribution in [0.2, 0.25) is 0 Å². The van der Waals surface area contributed by atoms with Gasteiger partial charge in [0.1, 0.15) is 0 Å². The molecule has 0 aliphatic heterocycles. The fraction of sp³-hybridized carbons (Fsp3) is 0.500. The van der Waals surface area contributed by atoms with Crippen molar-refractivity contribution in [3.05, 3.63) is 47.3 Å². The van der Waals surface area contributed by atoms with Crippen molar-refractivity contribution >= 4 is 5.95 Å². The summed E-state index contributed by atoms with van der Waals surface area (Å²) in [6, 6.07) is 9.39. The van der Waals surface area contributed by atoms with Gasteiger partial charge in [-0.05, 0) is 38.7 Å². The first-order valence-electron chi connectivity index (χ1n) is 8.06. The summed E-state index contributed by atoms with van der Waals surface area (Å²) in [6.45, 7) is 5.21. The molecule has 3 heteroatoms. The lowest BCUT2D eigenvalue weighted by molar-refractivity contribution is 0.674. The van der Waals surface area contributed by atoms with E-state index in [2.05, 4.69) is 59.2 Å². The minimum Gasteiger partial charge on any atom is -0.353 e. The Kier molecular flexibility index (Phi) is 4.28. The SMILES string of the molecule is Cc1cccc(CCn2cc(C)nc2NC2CCCC2)c1. The van der Waals surface area contributed by atoms with Gasteiger partial charge in [-0.2, -0.15) is 0 Å². The smallest absolute Gasteiger partial charge is 0.203 e. The van der Waals surface area contributed by atoms with Crippen LogP contribution in [0.1, 0.15) is 42.5 Å². The molecule has 112 valence electrons. The van der Waals surface area contributed by atoms with Crippen molar-refractivity contribution in [3.8, 4) is 0 Å². The van der Waals surface area contributed by atoms with E-state index >= 15 is 0 Å². The molecule has 0 spiro atoms. The molecule has 1 aromatic carbocycles. The molecule has 0 bridgehead atoms. The molecule has 2 aromatic rings. The van der Waals surface area contributed by atoms with Crippen LogP contribution in [0.25, 0.3) is 0 Å². The maximum absolute atomic E-state index is 4.66. The topological polar surface area (TPSA) is 29.9 Å². The number of imidazole rings is 1. The lowest BCUT2D eigenvalue weighted by Gasteiger charge is -2.14. The van der Waals surface area contributed by atoms with Gasteiger partial charge in [0.15, 0.2) is 0 Å². The second-order valence-electron chi connectivity index (χ2n) is 6.26. The van der Waals surface area contributed by atoms with Gasteiger partial charge >= 0.3 is 0 Å². The summed E-state index contributed by atoms with van der Waals surface area (Å²) in [6.07, 6.45) is 8.47. The van der Waals surface area contributed by atoms with Gasteiger partial charge in [-0.15, -0.1) is 0 Å². The fourth-order valence-corrected chi connectivity index (χ4v) is 3.20. The second-order valence-corrected chi connectivity index (χ2v) is 6.26. The van der Waals surface area contributed by atoms with Crippen molar-refractivity contribution in [2.24, 2.45) is 0 Å². The zero-order valence-corrected chi connectivity index (χ0v) is 13.1. The molecule has 0 atom stereocenters. The van der Waals surface area contributed by atoms with Crippen molar-refractivity contribution in [1.29, 1.82) is 0 Å². The third-order valence-corrected chi connectivity index (χ3v) is 4.31. The number of aryl methyl sites for hydroxylation is 4. The van der Waals surface area contributed by atoms with E-state index in [1.807, 2.05) is 0 Å². The van der Waals surface area contributed by atoms with Crippen LogP contribution >= 0.6 is 0 Å². The minimum atomic E-state index is 0.615. The zero-order chi connectivity index (χ0) is 14.7. The molecule has 1 heterocycles. The van der Waals surface area contributed by atoms with Gasteiger partial charge < -0.3 is 9.88 Å². The van der Waals surface area contributed by atoms with E-state index in [4.69, 9.17) is 0 Å². The van der Waals surface area contributed by atoms with Crippen molar-refractivity contribution in [2.75, 3.05) is 5.32 Å². The highest BCUT2D eigenvalue weighted by Gasteiger charge is 2.17. The molecule has 1 fully saturated rings. The Morgan fingerprint density at radius 1 is 1.24 bits per heavy atom. The molecule has 1 aromatic heterocycles. The maximum atomic E-state index is 4.66. The van der Waals surface area contributed by atoms with E-state index < -0.39 is 0 Å². The van der Waals surface area contributed by atoms with Crippen LogP contribution in [-0.4, -0.2) is 15.6 Å². The van der Waals surface area contributed by atoms with Gasteiger partial charge in [-0.1, -0.05) is 42.7 Å². The molecule has 0 amide bonds. The predicted molar refractivity (Wildman–Crippen MR) is 87.7 cm³/mol. The molecule has 1 aliphatic rings. The van der Waals surface area contributed by atoms with E-state index in [9.17, 15) is 0 Å². The fourth-order valence-electron chi connectivity index (χ4n) is 3.20. The molecule has 21 heavy (non-hydrogen) atoms. The maximum Gasteiger partial charge on any atom is 0.203 e. The molecule has 1 saturated carbocycles. The lowest BCUT2D eigenvalue weighted by atomic mass is 10.1. The molecule has 1 N–H and O–H groups in total. The Labute approximate surface area is 127 Å². The highest BCUT2D eigenvalue weighted by molar-refractivity contribution is 5.31. The number of nitrogens with one attached hydrogen (secondary N) is 1. The first kappa shape index (κ1) is 14.2. The van der Waals surface area contributed by atoms with Gasteiger partial charge in [-0.3, -0.25) is 0 Å². The van der Waals surface area contributed by atoms with Crippen molar-refractivity contribution < 1.29 is 0 Å². The van der Waals surface area contributed by atoms with Gasteiger partial charge in [0.25, 0.3) is 0 Å². The first-order chi connectivity index (χ1) is 10.2. The Bertz CT molecular complexity index is 594. The summed E-state index contributed by atoms with van der Waals surface area (Å²) >= 11 is 0. The van der Waals surface area contributed by atoms with Crippen molar-refractivity contribution in [1.82, 2.24) is 9.55 Å². The Morgan fingerprint density at radius 3 is 2.81 bits per heavy atom. The van der Waals surface area contributed by atoms with Gasteiger partial charge in [-0.25, -0.2) is 4.98 Å². The highest BCUT2D eigenvalue weighted by atomic mass is 15.2. The quantitative estimate of drug-likeness (QED) is 0.895. The van der Waals surface area contributed by atoms with Gasteiger partial charge in [0, 0.05) is 18.8 Å². The molecule has 1 aliphatic carbocycles. The van der Waals surface area contributed by atoms with E-state index in [0.29, 0.717) is 6.04 Å². The summed E-state index contributed by atoms with van der Waals surface area (Å²) in [7, 11) is 0. The molecule has 0 radical (unpaired) electrons. The second kappa shape index (κ2) is 6.33. The van der Waals surface area contributed by atoms with Crippen LogP contribution in [0.3, 0.4) is 0 Å². The Hall–Kier alpha value is -1.77. The summed E-state index contributed by atoms with van der Waals surface area (Å²) in [5, 5.41) is 3.63. The summed E-state index contributed by atoms with van der Waals surface area (Å²) in [5.74, 6) is 1.05. The number of rotatable bonds is 5. The standard InChI is InChI=1S/C18H25N3/c1-14-6-5-7-16(12-14)10-11-21-13-15(2)19-18(21)20-17-8-3-4-9-17/h5-7,12-13,17H,3-4,8-11H2,1-2H3,(H,19,20). The average molecular weight is 283 g/mol. The van der Waals surface area contributed by atoms with E-state index in [0.717, 1.165) is 24.6 Å². The highest BCUT2D eigenvalue weighted by Crippen LogP contribution is 2.22. The van der Waals surface area contributed by atoms with E-state index in [-0.39, 0.29) is 0 Å². The molecular formula is C18H25N3. The van der Waals surface area contributed by atoms with Crippen LogP contribution in [0, 0.1) is 13.8 Å². The zero-order valence-electron chi connectivity index (χ0n) is 13.1.